The van der Waals surface area contributed by atoms with Crippen molar-refractivity contribution in [2.45, 2.75) is 13.1 Å². The zero-order chi connectivity index (χ0) is 20.6. The molecule has 2 aromatic carbocycles. The minimum Gasteiger partial charge on any atom is -0.352 e. The van der Waals surface area contributed by atoms with E-state index >= 15 is 0 Å². The Hall–Kier alpha value is -3.16. The Morgan fingerprint density at radius 3 is 2.07 bits per heavy atom. The first kappa shape index (κ1) is 19.2. The molecule has 1 aliphatic rings. The average molecular weight is 400 g/mol. The number of halogens is 3. The first-order valence-electron chi connectivity index (χ1n) is 9.28. The molecule has 1 amide bonds. The summed E-state index contributed by atoms with van der Waals surface area (Å²) in [5, 5.41) is 0. The number of para-hydroxylation sites is 2. The van der Waals surface area contributed by atoms with Crippen molar-refractivity contribution in [3.8, 4) is 0 Å². The van der Waals surface area contributed by atoms with Crippen molar-refractivity contribution in [3.63, 3.8) is 0 Å². The van der Waals surface area contributed by atoms with E-state index in [1.54, 1.807) is 4.90 Å². The molecule has 1 saturated heterocycles. The number of rotatable bonds is 2. The zero-order valence-electron chi connectivity index (χ0n) is 15.8. The number of aryl methyl sites for hydroxylation is 1. The second-order valence-corrected chi connectivity index (χ2v) is 6.98. The Balaban J connectivity index is 1.45. The van der Waals surface area contributed by atoms with E-state index in [4.69, 9.17) is 4.98 Å². The Bertz CT molecular complexity index is 1040. The standard InChI is InChI=1S/C21H19F3N4O/c1-14-19(26-18-5-3-2-4-17(18)25-14)27-10-12-28(13-11-27)20(29)15-6-8-16(9-7-15)21(22,23)24/h2-9H,10-13H2,1H3. The molecular weight excluding hydrogens is 381 g/mol. The normalized spacial score (nSPS) is 15.0. The molecule has 1 aliphatic heterocycles. The van der Waals surface area contributed by atoms with Crippen molar-refractivity contribution < 1.29 is 18.0 Å². The molecule has 0 aliphatic carbocycles. The van der Waals surface area contributed by atoms with Gasteiger partial charge in [0.05, 0.1) is 22.3 Å². The fourth-order valence-electron chi connectivity index (χ4n) is 3.48. The van der Waals surface area contributed by atoms with Gasteiger partial charge in [0, 0.05) is 31.7 Å². The van der Waals surface area contributed by atoms with Crippen LogP contribution in [0.25, 0.3) is 11.0 Å². The van der Waals surface area contributed by atoms with Crippen LogP contribution in [0.3, 0.4) is 0 Å². The van der Waals surface area contributed by atoms with Crippen LogP contribution in [-0.4, -0.2) is 47.0 Å². The van der Waals surface area contributed by atoms with Gasteiger partial charge in [0.1, 0.15) is 0 Å². The molecule has 1 aromatic heterocycles. The molecule has 8 heteroatoms. The lowest BCUT2D eigenvalue weighted by molar-refractivity contribution is -0.137. The van der Waals surface area contributed by atoms with Gasteiger partial charge in [-0.25, -0.2) is 9.97 Å². The highest BCUT2D eigenvalue weighted by molar-refractivity contribution is 5.94. The van der Waals surface area contributed by atoms with Crippen LogP contribution in [0.4, 0.5) is 19.0 Å². The van der Waals surface area contributed by atoms with Gasteiger partial charge in [0.15, 0.2) is 5.82 Å². The Morgan fingerprint density at radius 2 is 1.48 bits per heavy atom. The van der Waals surface area contributed by atoms with Gasteiger partial charge in [-0.2, -0.15) is 13.2 Å². The quantitative estimate of drug-likeness (QED) is 0.654. The molecule has 150 valence electrons. The monoisotopic (exact) mass is 400 g/mol. The lowest BCUT2D eigenvalue weighted by Crippen LogP contribution is -2.49. The number of benzene rings is 2. The van der Waals surface area contributed by atoms with Crippen molar-refractivity contribution in [2.75, 3.05) is 31.1 Å². The van der Waals surface area contributed by atoms with E-state index in [-0.39, 0.29) is 11.5 Å². The van der Waals surface area contributed by atoms with Crippen LogP contribution >= 0.6 is 0 Å². The van der Waals surface area contributed by atoms with Crippen LogP contribution in [0.15, 0.2) is 48.5 Å². The van der Waals surface area contributed by atoms with E-state index in [0.29, 0.717) is 26.2 Å². The third-order valence-corrected chi connectivity index (χ3v) is 5.05. The maximum absolute atomic E-state index is 12.7. The lowest BCUT2D eigenvalue weighted by atomic mass is 10.1. The van der Waals surface area contributed by atoms with E-state index in [1.807, 2.05) is 31.2 Å². The van der Waals surface area contributed by atoms with Gasteiger partial charge in [-0.3, -0.25) is 4.79 Å². The highest BCUT2D eigenvalue weighted by Gasteiger charge is 2.31. The number of aromatic nitrogens is 2. The molecule has 2 heterocycles. The zero-order valence-corrected chi connectivity index (χ0v) is 15.8. The summed E-state index contributed by atoms with van der Waals surface area (Å²) in [5.41, 5.74) is 1.98. The van der Waals surface area contributed by atoms with Gasteiger partial charge in [0.25, 0.3) is 5.91 Å². The number of hydrogen-bond donors (Lipinski definition) is 0. The van der Waals surface area contributed by atoms with E-state index in [2.05, 4.69) is 9.88 Å². The average Bonchev–Trinajstić information content (AvgIpc) is 2.72. The molecule has 0 bridgehead atoms. The molecule has 3 aromatic rings. The number of carbonyl (C=O) groups is 1. The maximum atomic E-state index is 12.7. The molecule has 4 rings (SSSR count). The summed E-state index contributed by atoms with van der Waals surface area (Å²) in [4.78, 5) is 25.7. The minimum absolute atomic E-state index is 0.258. The van der Waals surface area contributed by atoms with E-state index in [1.165, 1.54) is 12.1 Å². The molecular formula is C21H19F3N4O. The fourth-order valence-corrected chi connectivity index (χ4v) is 3.48. The second-order valence-electron chi connectivity index (χ2n) is 6.98. The summed E-state index contributed by atoms with van der Waals surface area (Å²) < 4.78 is 38.1. The predicted molar refractivity (Wildman–Crippen MR) is 104 cm³/mol. The molecule has 0 spiro atoms. The molecule has 0 unspecified atom stereocenters. The molecule has 0 atom stereocenters. The molecule has 1 fully saturated rings. The predicted octanol–water partition coefficient (Wildman–Crippen LogP) is 3.92. The minimum atomic E-state index is -4.41. The first-order chi connectivity index (χ1) is 13.8. The van der Waals surface area contributed by atoms with Crippen LogP contribution < -0.4 is 4.90 Å². The SMILES string of the molecule is Cc1nc2ccccc2nc1N1CCN(C(=O)c2ccc(C(F)(F)F)cc2)CC1. The van der Waals surface area contributed by atoms with Crippen molar-refractivity contribution in [1.29, 1.82) is 0 Å². The van der Waals surface area contributed by atoms with E-state index < -0.39 is 11.7 Å². The summed E-state index contributed by atoms with van der Waals surface area (Å²) in [7, 11) is 0. The number of carbonyl (C=O) groups excluding carboxylic acids is 1. The summed E-state index contributed by atoms with van der Waals surface area (Å²) in [6.45, 7) is 4.01. The number of hydrogen-bond acceptors (Lipinski definition) is 4. The first-order valence-corrected chi connectivity index (χ1v) is 9.28. The van der Waals surface area contributed by atoms with Gasteiger partial charge < -0.3 is 9.80 Å². The van der Waals surface area contributed by atoms with E-state index in [0.717, 1.165) is 34.7 Å². The van der Waals surface area contributed by atoms with Gasteiger partial charge in [-0.1, -0.05) is 12.1 Å². The molecule has 29 heavy (non-hydrogen) atoms. The number of amides is 1. The largest absolute Gasteiger partial charge is 0.416 e. The second kappa shape index (κ2) is 7.35. The Morgan fingerprint density at radius 1 is 0.897 bits per heavy atom. The fraction of sp³-hybridized carbons (Fsp3) is 0.286. The third kappa shape index (κ3) is 3.87. The third-order valence-electron chi connectivity index (χ3n) is 5.05. The summed E-state index contributed by atoms with van der Waals surface area (Å²) >= 11 is 0. The summed E-state index contributed by atoms with van der Waals surface area (Å²) in [6.07, 6.45) is -4.41. The smallest absolute Gasteiger partial charge is 0.352 e. The van der Waals surface area contributed by atoms with Crippen molar-refractivity contribution in [2.24, 2.45) is 0 Å². The number of anilines is 1. The topological polar surface area (TPSA) is 49.3 Å². The van der Waals surface area contributed by atoms with Crippen molar-refractivity contribution in [3.05, 3.63) is 65.4 Å². The van der Waals surface area contributed by atoms with Crippen LogP contribution in [0.5, 0.6) is 0 Å². The molecule has 0 saturated carbocycles. The number of nitrogens with zero attached hydrogens (tertiary/aromatic N) is 4. The van der Waals surface area contributed by atoms with Crippen LogP contribution in [0.1, 0.15) is 21.6 Å². The summed E-state index contributed by atoms with van der Waals surface area (Å²) in [5.74, 6) is 0.532. The van der Waals surface area contributed by atoms with Crippen LogP contribution in [-0.2, 0) is 6.18 Å². The Kier molecular flexibility index (Phi) is 4.86. The highest BCUT2D eigenvalue weighted by atomic mass is 19.4. The van der Waals surface area contributed by atoms with Gasteiger partial charge in [-0.15, -0.1) is 0 Å². The van der Waals surface area contributed by atoms with Gasteiger partial charge in [-0.05, 0) is 43.3 Å². The number of alkyl halides is 3. The number of fused-ring (bicyclic) bond motifs is 1. The molecule has 5 nitrogen and oxygen atoms in total. The van der Waals surface area contributed by atoms with Gasteiger partial charge in [0.2, 0.25) is 0 Å². The van der Waals surface area contributed by atoms with Crippen molar-refractivity contribution >= 4 is 22.8 Å². The molecule has 0 N–H and O–H groups in total. The lowest BCUT2D eigenvalue weighted by Gasteiger charge is -2.36. The van der Waals surface area contributed by atoms with Gasteiger partial charge >= 0.3 is 6.18 Å². The number of piperazine rings is 1. The molecule has 0 radical (unpaired) electrons. The van der Waals surface area contributed by atoms with Crippen molar-refractivity contribution in [1.82, 2.24) is 14.9 Å². The maximum Gasteiger partial charge on any atom is 0.416 e. The summed E-state index contributed by atoms with van der Waals surface area (Å²) in [6, 6.07) is 12.0. The van der Waals surface area contributed by atoms with E-state index in [9.17, 15) is 18.0 Å². The Labute approximate surface area is 165 Å². The van der Waals surface area contributed by atoms with Crippen LogP contribution in [0, 0.1) is 6.92 Å². The van der Waals surface area contributed by atoms with Crippen LogP contribution in [0.2, 0.25) is 0 Å². The highest BCUT2D eigenvalue weighted by Crippen LogP contribution is 2.29.